The highest BCUT2D eigenvalue weighted by Gasteiger charge is 2.40. The second-order valence-electron chi connectivity index (χ2n) is 5.65. The van der Waals surface area contributed by atoms with Crippen molar-refractivity contribution in [1.82, 2.24) is 9.29 Å². The third-order valence-corrected chi connectivity index (χ3v) is 5.11. The second-order valence-corrected chi connectivity index (χ2v) is 6.60. The number of carbonyl (C=O) groups is 1. The van der Waals surface area contributed by atoms with Gasteiger partial charge in [-0.2, -0.15) is 0 Å². The van der Waals surface area contributed by atoms with E-state index in [0.29, 0.717) is 0 Å². The molecule has 0 saturated heterocycles. The molecule has 1 atom stereocenters. The monoisotopic (exact) mass is 345 g/mol. The molecule has 1 unspecified atom stereocenters. The number of nitrogens with zero attached hydrogens (tertiary/aromatic N) is 2. The van der Waals surface area contributed by atoms with E-state index < -0.39 is 23.7 Å². The van der Waals surface area contributed by atoms with Gasteiger partial charge in [-0.25, -0.2) is 8.78 Å². The minimum atomic E-state index is -1.03. The Morgan fingerprint density at radius 2 is 2.17 bits per heavy atom. The van der Waals surface area contributed by atoms with Crippen LogP contribution in [0.15, 0.2) is 47.0 Å². The third-order valence-electron chi connectivity index (χ3n) is 4.22. The number of aliphatic carboxylic acids is 1. The van der Waals surface area contributed by atoms with Crippen molar-refractivity contribution in [2.45, 2.75) is 18.9 Å². The molecule has 4 heterocycles. The molecule has 1 radical (unpaired) electrons. The lowest BCUT2D eigenvalue weighted by atomic mass is 9.97. The first-order chi connectivity index (χ1) is 11.6. The fourth-order valence-electron chi connectivity index (χ4n) is 3.08. The molecule has 4 rings (SSSR count). The van der Waals surface area contributed by atoms with Crippen LogP contribution < -0.4 is 0 Å². The molecule has 0 spiro atoms. The molecule has 0 bridgehead atoms. The summed E-state index contributed by atoms with van der Waals surface area (Å²) in [6.45, 7) is 0. The molecule has 0 aliphatic carbocycles. The van der Waals surface area contributed by atoms with Crippen molar-refractivity contribution < 1.29 is 18.7 Å². The van der Waals surface area contributed by atoms with E-state index in [1.165, 1.54) is 4.81 Å². The van der Waals surface area contributed by atoms with Crippen molar-refractivity contribution >= 4 is 30.9 Å². The zero-order valence-corrected chi connectivity index (χ0v) is 13.3. The van der Waals surface area contributed by atoms with E-state index in [-0.39, 0.29) is 18.5 Å². The first-order valence-electron chi connectivity index (χ1n) is 7.43. The molecular formula is C16H12BF2N2O2S. The fourth-order valence-corrected chi connectivity index (χ4v) is 3.83. The number of thiophene rings is 1. The van der Waals surface area contributed by atoms with Crippen LogP contribution in [0.5, 0.6) is 0 Å². The van der Waals surface area contributed by atoms with Crippen molar-refractivity contribution in [3.63, 3.8) is 0 Å². The Morgan fingerprint density at radius 3 is 2.88 bits per heavy atom. The lowest BCUT2D eigenvalue weighted by molar-refractivity contribution is -0.137. The Bertz CT molecular complexity index is 873. The van der Waals surface area contributed by atoms with Gasteiger partial charge in [0.2, 0.25) is 0 Å². The first-order valence-corrected chi connectivity index (χ1v) is 8.31. The summed E-state index contributed by atoms with van der Waals surface area (Å²) in [7, 11) is 1.65. The molecule has 0 saturated carbocycles. The van der Waals surface area contributed by atoms with Crippen LogP contribution in [0.2, 0.25) is 0 Å². The third kappa shape index (κ3) is 2.29. The van der Waals surface area contributed by atoms with Crippen molar-refractivity contribution in [2.75, 3.05) is 0 Å². The number of fused-ring (bicyclic) bond motifs is 2. The number of rotatable bonds is 4. The van der Waals surface area contributed by atoms with Gasteiger partial charge in [0.05, 0.1) is 11.7 Å². The molecule has 0 aromatic carbocycles. The van der Waals surface area contributed by atoms with Gasteiger partial charge >= 0.3 is 13.5 Å². The minimum absolute atomic E-state index is 0.00731. The lowest BCUT2D eigenvalue weighted by Gasteiger charge is -2.31. The largest absolute Gasteiger partial charge is 0.481 e. The van der Waals surface area contributed by atoms with Gasteiger partial charge in [-0.05, 0) is 36.1 Å². The Kier molecular flexibility index (Phi) is 3.56. The van der Waals surface area contributed by atoms with E-state index in [2.05, 4.69) is 0 Å². The normalized spacial score (nSPS) is 19.0. The van der Waals surface area contributed by atoms with Crippen LogP contribution in [0.4, 0.5) is 8.78 Å². The van der Waals surface area contributed by atoms with Crippen LogP contribution in [0.25, 0.3) is 16.6 Å². The lowest BCUT2D eigenvalue weighted by Crippen LogP contribution is -2.40. The first kappa shape index (κ1) is 15.2. The van der Waals surface area contributed by atoms with E-state index in [0.717, 1.165) is 16.3 Å². The van der Waals surface area contributed by atoms with E-state index in [4.69, 9.17) is 5.11 Å². The van der Waals surface area contributed by atoms with Gasteiger partial charge in [-0.1, -0.05) is 6.07 Å². The average molecular weight is 345 g/mol. The standard InChI is InChI=1S/C16H12BF2N2O2S/c18-15-11(5-6-14(22)23)21-12(16(15)19)8-9-3-4-10(20(9)17-21)13-2-1-7-24-13/h1-4,7-8,11H,5-6H2,(H,22,23). The van der Waals surface area contributed by atoms with E-state index in [1.807, 2.05) is 34.1 Å². The van der Waals surface area contributed by atoms with Gasteiger partial charge < -0.3 is 14.4 Å². The summed E-state index contributed by atoms with van der Waals surface area (Å²) >= 11 is 1.58. The van der Waals surface area contributed by atoms with Crippen molar-refractivity contribution in [3.05, 3.63) is 52.7 Å². The molecule has 121 valence electrons. The summed E-state index contributed by atoms with van der Waals surface area (Å²) in [6, 6.07) is 6.79. The summed E-state index contributed by atoms with van der Waals surface area (Å²) in [5.74, 6) is -2.84. The molecule has 2 aromatic heterocycles. The highest BCUT2D eigenvalue weighted by atomic mass is 32.1. The average Bonchev–Trinajstić information content (AvgIpc) is 3.25. The summed E-state index contributed by atoms with van der Waals surface area (Å²) in [4.78, 5) is 13.3. The predicted molar refractivity (Wildman–Crippen MR) is 88.6 cm³/mol. The van der Waals surface area contributed by atoms with Crippen molar-refractivity contribution in [1.29, 1.82) is 0 Å². The molecule has 1 N–H and O–H groups in total. The predicted octanol–water partition coefficient (Wildman–Crippen LogP) is 3.65. The van der Waals surface area contributed by atoms with Crippen LogP contribution in [0.1, 0.15) is 18.5 Å². The number of halogens is 2. The molecule has 2 aliphatic rings. The quantitative estimate of drug-likeness (QED) is 0.861. The Labute approximate surface area is 141 Å². The van der Waals surface area contributed by atoms with Crippen LogP contribution >= 0.6 is 11.3 Å². The smallest absolute Gasteiger partial charge is 0.397 e. The summed E-state index contributed by atoms with van der Waals surface area (Å²) in [5, 5.41) is 10.8. The maximum atomic E-state index is 14.2. The topological polar surface area (TPSA) is 45.5 Å². The highest BCUT2D eigenvalue weighted by molar-refractivity contribution is 7.13. The molecule has 4 nitrogen and oxygen atoms in total. The van der Waals surface area contributed by atoms with Crippen LogP contribution in [0, 0.1) is 0 Å². The molecule has 8 heteroatoms. The zero-order valence-electron chi connectivity index (χ0n) is 12.4. The Hall–Kier alpha value is -2.35. The molecule has 0 fully saturated rings. The maximum Gasteiger partial charge on any atom is 0.397 e. The van der Waals surface area contributed by atoms with E-state index in [1.54, 1.807) is 25.0 Å². The number of hydrogen-bond acceptors (Lipinski definition) is 3. The minimum Gasteiger partial charge on any atom is -0.481 e. The SMILES string of the molecule is O=C(O)CCC1C(F)=C(F)C2=Cc3ccc(-c4cccs4)n3[B]N21. The summed E-state index contributed by atoms with van der Waals surface area (Å²) < 4.78 is 30.3. The van der Waals surface area contributed by atoms with Gasteiger partial charge in [0.25, 0.3) is 0 Å². The van der Waals surface area contributed by atoms with Crippen molar-refractivity contribution in [2.24, 2.45) is 0 Å². The van der Waals surface area contributed by atoms with Crippen LogP contribution in [0.3, 0.4) is 0 Å². The van der Waals surface area contributed by atoms with Gasteiger partial charge in [-0.15, -0.1) is 11.3 Å². The molecule has 2 aromatic rings. The molecule has 0 amide bonds. The molecular weight excluding hydrogens is 333 g/mol. The van der Waals surface area contributed by atoms with E-state index in [9.17, 15) is 13.6 Å². The highest BCUT2D eigenvalue weighted by Crippen LogP contribution is 2.41. The Balaban J connectivity index is 1.71. The number of carboxylic acids is 1. The second kappa shape index (κ2) is 5.63. The fraction of sp³-hybridized carbons (Fsp3) is 0.188. The number of carboxylic acid groups (broad SMARTS) is 1. The van der Waals surface area contributed by atoms with Crippen molar-refractivity contribution in [3.8, 4) is 10.6 Å². The van der Waals surface area contributed by atoms with Crippen LogP contribution in [-0.4, -0.2) is 34.0 Å². The summed E-state index contributed by atoms with van der Waals surface area (Å²) in [5.41, 5.74) is 1.83. The van der Waals surface area contributed by atoms with Gasteiger partial charge in [-0.3, -0.25) is 4.79 Å². The van der Waals surface area contributed by atoms with Gasteiger partial charge in [0, 0.05) is 22.7 Å². The van der Waals surface area contributed by atoms with Gasteiger partial charge in [0.1, 0.15) is 0 Å². The number of allylic oxidation sites excluding steroid dienone is 1. The molecule has 24 heavy (non-hydrogen) atoms. The molecule has 2 aliphatic heterocycles. The zero-order chi connectivity index (χ0) is 16.8. The van der Waals surface area contributed by atoms with Gasteiger partial charge in [0.15, 0.2) is 11.7 Å². The summed E-state index contributed by atoms with van der Waals surface area (Å²) in [6.07, 6.45) is 1.37. The van der Waals surface area contributed by atoms with Crippen LogP contribution in [-0.2, 0) is 4.79 Å². The Morgan fingerprint density at radius 1 is 1.33 bits per heavy atom. The maximum absolute atomic E-state index is 14.2. The number of aromatic nitrogens is 1. The number of hydrogen-bond donors (Lipinski definition) is 1. The van der Waals surface area contributed by atoms with E-state index >= 15 is 0 Å².